The molecule has 248 valence electrons. The van der Waals surface area contributed by atoms with Crippen LogP contribution in [0.25, 0.3) is 11.1 Å². The fraction of sp³-hybridized carbons (Fsp3) is 0.531. The molecule has 2 fully saturated rings. The van der Waals surface area contributed by atoms with E-state index in [9.17, 15) is 5.26 Å². The van der Waals surface area contributed by atoms with E-state index in [1.807, 2.05) is 29.9 Å². The second kappa shape index (κ2) is 15.8. The predicted molar refractivity (Wildman–Crippen MR) is 171 cm³/mol. The summed E-state index contributed by atoms with van der Waals surface area (Å²) in [5.41, 5.74) is 2.75. The normalized spacial score (nSPS) is 19.2. The third kappa shape index (κ3) is 8.39. The van der Waals surface area contributed by atoms with Crippen molar-refractivity contribution < 1.29 is 18.9 Å². The van der Waals surface area contributed by atoms with Gasteiger partial charge in [0.25, 0.3) is 5.88 Å². The van der Waals surface area contributed by atoms with Gasteiger partial charge in [-0.1, -0.05) is 6.07 Å². The lowest BCUT2D eigenvalue weighted by atomic mass is 9.90. The van der Waals surface area contributed by atoms with Crippen LogP contribution in [0.1, 0.15) is 50.6 Å². The zero-order chi connectivity index (χ0) is 32.4. The minimum Gasteiger partial charge on any atom is -0.487 e. The van der Waals surface area contributed by atoms with Crippen molar-refractivity contribution in [1.82, 2.24) is 44.9 Å². The Bertz CT molecular complexity index is 1590. The molecule has 0 unspecified atom stereocenters. The molecule has 15 heteroatoms. The lowest BCUT2D eigenvalue weighted by Gasteiger charge is -2.38. The summed E-state index contributed by atoms with van der Waals surface area (Å²) in [6.07, 6.45) is 11.9. The smallest absolute Gasteiger partial charge is 0.256 e. The van der Waals surface area contributed by atoms with E-state index in [1.165, 1.54) is 6.33 Å². The van der Waals surface area contributed by atoms with Gasteiger partial charge in [0, 0.05) is 57.2 Å². The van der Waals surface area contributed by atoms with Gasteiger partial charge in [0.05, 0.1) is 44.2 Å². The Kier molecular flexibility index (Phi) is 10.8. The monoisotopic (exact) mass is 643 g/mol. The van der Waals surface area contributed by atoms with E-state index in [0.29, 0.717) is 55.0 Å². The van der Waals surface area contributed by atoms with Crippen molar-refractivity contribution >= 4 is 11.6 Å². The molecule has 0 radical (unpaired) electrons. The van der Waals surface area contributed by atoms with Gasteiger partial charge in [-0.05, 0) is 60.7 Å². The van der Waals surface area contributed by atoms with Crippen LogP contribution in [0.2, 0.25) is 0 Å². The van der Waals surface area contributed by atoms with Crippen molar-refractivity contribution in [2.75, 3.05) is 51.9 Å². The van der Waals surface area contributed by atoms with Crippen molar-refractivity contribution in [3.05, 3.63) is 48.7 Å². The van der Waals surface area contributed by atoms with Crippen LogP contribution in [0.15, 0.2) is 43.1 Å². The van der Waals surface area contributed by atoms with Gasteiger partial charge in [-0.3, -0.25) is 9.58 Å². The largest absolute Gasteiger partial charge is 0.487 e. The minimum absolute atomic E-state index is 0.268. The van der Waals surface area contributed by atoms with Crippen LogP contribution in [-0.4, -0.2) is 104 Å². The number of morpholine rings is 1. The van der Waals surface area contributed by atoms with Crippen LogP contribution >= 0.6 is 0 Å². The van der Waals surface area contributed by atoms with Crippen molar-refractivity contribution in [2.24, 2.45) is 0 Å². The molecule has 1 aliphatic heterocycles. The highest BCUT2D eigenvalue weighted by atomic mass is 16.5. The first kappa shape index (κ1) is 32.3. The number of tetrazole rings is 1. The summed E-state index contributed by atoms with van der Waals surface area (Å²) in [7, 11) is 1.68. The van der Waals surface area contributed by atoms with E-state index < -0.39 is 0 Å². The molecule has 3 aromatic heterocycles. The number of benzene rings is 1. The first-order valence-electron chi connectivity index (χ1n) is 16.1. The Labute approximate surface area is 273 Å². The molecule has 4 heterocycles. The minimum atomic E-state index is -0.268. The Hall–Kier alpha value is -4.65. The Morgan fingerprint density at radius 1 is 1.06 bits per heavy atom. The molecule has 6 rings (SSSR count). The number of hydrogen-bond acceptors (Lipinski definition) is 13. The number of hydrogen-bond donors (Lipinski definition) is 1. The van der Waals surface area contributed by atoms with Gasteiger partial charge in [-0.15, -0.1) is 10.2 Å². The van der Waals surface area contributed by atoms with Gasteiger partial charge >= 0.3 is 0 Å². The van der Waals surface area contributed by atoms with E-state index >= 15 is 0 Å². The molecule has 2 aliphatic rings. The SMILES string of the molecule is COCCCOc1nn(C2CCC(N3CCOCC3)CC2)cc1Nc1ncc(-c2ccc(C#N)c(O[C@@H](C)Cn3cnnn3)c2)cn1. The summed E-state index contributed by atoms with van der Waals surface area (Å²) in [5.74, 6) is 1.41. The molecule has 15 nitrogen and oxygen atoms in total. The van der Waals surface area contributed by atoms with Crippen molar-refractivity contribution in [2.45, 2.75) is 63.8 Å². The number of methoxy groups -OCH3 is 1. The molecule has 0 bridgehead atoms. The average molecular weight is 644 g/mol. The highest BCUT2D eigenvalue weighted by Crippen LogP contribution is 2.35. The molecular formula is C32H41N11O4. The van der Waals surface area contributed by atoms with Crippen LogP contribution in [0.5, 0.6) is 11.6 Å². The van der Waals surface area contributed by atoms with Crippen molar-refractivity contribution in [1.29, 1.82) is 5.26 Å². The van der Waals surface area contributed by atoms with Crippen LogP contribution in [-0.2, 0) is 16.0 Å². The number of anilines is 2. The van der Waals surface area contributed by atoms with E-state index in [4.69, 9.17) is 24.0 Å². The zero-order valence-electron chi connectivity index (χ0n) is 26.9. The number of nitriles is 1. The average Bonchev–Trinajstić information content (AvgIpc) is 3.77. The maximum Gasteiger partial charge on any atom is 0.256 e. The second-order valence-corrected chi connectivity index (χ2v) is 11.8. The molecule has 1 N–H and O–H groups in total. The van der Waals surface area contributed by atoms with Crippen LogP contribution in [0, 0.1) is 11.3 Å². The third-order valence-electron chi connectivity index (χ3n) is 8.53. The van der Waals surface area contributed by atoms with E-state index in [0.717, 1.165) is 75.2 Å². The molecular weight excluding hydrogens is 602 g/mol. The Morgan fingerprint density at radius 3 is 2.57 bits per heavy atom. The molecule has 1 aliphatic carbocycles. The fourth-order valence-corrected chi connectivity index (χ4v) is 6.09. The maximum atomic E-state index is 9.65. The highest BCUT2D eigenvalue weighted by molar-refractivity contribution is 5.67. The summed E-state index contributed by atoms with van der Waals surface area (Å²) >= 11 is 0. The fourth-order valence-electron chi connectivity index (χ4n) is 6.09. The zero-order valence-corrected chi connectivity index (χ0v) is 26.9. The summed E-state index contributed by atoms with van der Waals surface area (Å²) in [6.45, 7) is 7.13. The number of ether oxygens (including phenoxy) is 4. The van der Waals surface area contributed by atoms with E-state index in [1.54, 1.807) is 30.3 Å². The Morgan fingerprint density at radius 2 is 1.85 bits per heavy atom. The molecule has 0 amide bonds. The number of nitrogens with zero attached hydrogens (tertiary/aromatic N) is 10. The number of rotatable bonds is 14. The summed E-state index contributed by atoms with van der Waals surface area (Å²) in [4.78, 5) is 11.7. The number of aromatic nitrogens is 8. The molecule has 0 spiro atoms. The lowest BCUT2D eigenvalue weighted by molar-refractivity contribution is 0.00503. The maximum absolute atomic E-state index is 9.65. The topological polar surface area (TPSA) is 163 Å². The third-order valence-corrected chi connectivity index (χ3v) is 8.53. The quantitative estimate of drug-likeness (QED) is 0.198. The Balaban J connectivity index is 1.13. The summed E-state index contributed by atoms with van der Waals surface area (Å²) in [6, 6.07) is 8.52. The van der Waals surface area contributed by atoms with Crippen LogP contribution in [0.4, 0.5) is 11.6 Å². The van der Waals surface area contributed by atoms with Crippen LogP contribution in [0.3, 0.4) is 0 Å². The summed E-state index contributed by atoms with van der Waals surface area (Å²) < 4.78 is 26.5. The molecule has 1 saturated carbocycles. The van der Waals surface area contributed by atoms with Gasteiger partial charge in [0.2, 0.25) is 5.95 Å². The second-order valence-electron chi connectivity index (χ2n) is 11.8. The standard InChI is InChI=1S/C32H41N11O4/c1-23(20-42-22-36-39-40-42)47-30-16-24(4-5-25(30)17-33)26-18-34-32(35-19-26)37-29-21-43(38-31(29)46-13-3-12-44-2)28-8-6-27(7-9-28)41-10-14-45-15-11-41/h4-5,16,18-19,21-23,27-28H,3,6-15,20H2,1-2H3,(H,34,35,37)/t23-,27?,28?/m0/s1. The van der Waals surface area contributed by atoms with Gasteiger partial charge in [-0.2, -0.15) is 5.26 Å². The van der Waals surface area contributed by atoms with Crippen molar-refractivity contribution in [3.8, 4) is 28.8 Å². The summed E-state index contributed by atoms with van der Waals surface area (Å²) in [5, 5.41) is 29.0. The van der Waals surface area contributed by atoms with Gasteiger partial charge in [-0.25, -0.2) is 14.6 Å². The highest BCUT2D eigenvalue weighted by Gasteiger charge is 2.29. The van der Waals surface area contributed by atoms with Gasteiger partial charge < -0.3 is 24.3 Å². The van der Waals surface area contributed by atoms with E-state index in [-0.39, 0.29) is 6.10 Å². The molecule has 1 atom stereocenters. The molecule has 4 aromatic rings. The van der Waals surface area contributed by atoms with E-state index in [2.05, 4.69) is 41.8 Å². The molecule has 1 aromatic carbocycles. The molecule has 47 heavy (non-hydrogen) atoms. The van der Waals surface area contributed by atoms with Gasteiger partial charge in [0.1, 0.15) is 29.9 Å². The lowest BCUT2D eigenvalue weighted by Crippen LogP contribution is -2.45. The van der Waals surface area contributed by atoms with Crippen molar-refractivity contribution in [3.63, 3.8) is 0 Å². The predicted octanol–water partition coefficient (Wildman–Crippen LogP) is 3.64. The number of nitrogens with one attached hydrogen (secondary N) is 1. The first-order chi connectivity index (χ1) is 23.1. The van der Waals surface area contributed by atoms with Crippen LogP contribution < -0.4 is 14.8 Å². The molecule has 1 saturated heterocycles. The van der Waals surface area contributed by atoms with Gasteiger partial charge in [0.15, 0.2) is 0 Å². The first-order valence-corrected chi connectivity index (χ1v) is 16.1.